The van der Waals surface area contributed by atoms with Gasteiger partial charge in [-0.2, -0.15) is 0 Å². The van der Waals surface area contributed by atoms with E-state index in [9.17, 15) is 14.4 Å². The van der Waals surface area contributed by atoms with Gasteiger partial charge in [0.15, 0.2) is 11.5 Å². The third-order valence-corrected chi connectivity index (χ3v) is 4.36. The molecule has 1 aromatic rings. The number of likely N-dealkylation sites (tertiary alicyclic amines) is 1. The van der Waals surface area contributed by atoms with E-state index in [-0.39, 0.29) is 23.7 Å². The Morgan fingerprint density at radius 2 is 2.00 bits per heavy atom. The van der Waals surface area contributed by atoms with E-state index in [0.717, 1.165) is 4.90 Å². The number of piperidine rings is 1. The molecule has 7 nitrogen and oxygen atoms in total. The SMILES string of the molecule is COc1c(Cl)cccc1NC(=S)C1C(=O)CCN(C(=O)OC(C)(C)C)C1=O. The lowest BCUT2D eigenvalue weighted by molar-refractivity contribution is -0.141. The highest BCUT2D eigenvalue weighted by molar-refractivity contribution is 7.80. The fourth-order valence-electron chi connectivity index (χ4n) is 2.55. The molecule has 0 aromatic heterocycles. The summed E-state index contributed by atoms with van der Waals surface area (Å²) in [6, 6.07) is 4.96. The summed E-state index contributed by atoms with van der Waals surface area (Å²) in [6.45, 7) is 5.05. The normalized spacial score (nSPS) is 17.5. The second-order valence-electron chi connectivity index (χ2n) is 6.93. The maximum absolute atomic E-state index is 12.7. The van der Waals surface area contributed by atoms with Crippen LogP contribution >= 0.6 is 23.8 Å². The van der Waals surface area contributed by atoms with Gasteiger partial charge in [-0.15, -0.1) is 0 Å². The number of amides is 2. The zero-order chi connectivity index (χ0) is 20.4. The van der Waals surface area contributed by atoms with Gasteiger partial charge in [0.25, 0.3) is 0 Å². The molecular weight excluding hydrogens is 392 g/mol. The summed E-state index contributed by atoms with van der Waals surface area (Å²) in [7, 11) is 1.44. The van der Waals surface area contributed by atoms with Gasteiger partial charge in [-0.3, -0.25) is 9.59 Å². The molecule has 1 aliphatic heterocycles. The van der Waals surface area contributed by atoms with Gasteiger partial charge in [-0.1, -0.05) is 29.9 Å². The Labute approximate surface area is 167 Å². The molecule has 2 amide bonds. The molecule has 0 saturated carbocycles. The lowest BCUT2D eigenvalue weighted by Crippen LogP contribution is -2.53. The number of rotatable bonds is 3. The second kappa shape index (κ2) is 8.22. The minimum atomic E-state index is -1.27. The van der Waals surface area contributed by atoms with E-state index in [4.69, 9.17) is 33.3 Å². The van der Waals surface area contributed by atoms with Gasteiger partial charge < -0.3 is 14.8 Å². The number of nitrogens with one attached hydrogen (secondary N) is 1. The number of Topliss-reactive ketones (excluding diaryl/α,β-unsaturated/α-hetero) is 1. The summed E-state index contributed by atoms with van der Waals surface area (Å²) in [5.41, 5.74) is -0.341. The predicted molar refractivity (Wildman–Crippen MR) is 105 cm³/mol. The van der Waals surface area contributed by atoms with Crippen LogP contribution in [0.2, 0.25) is 5.02 Å². The molecule has 1 N–H and O–H groups in total. The van der Waals surface area contributed by atoms with Gasteiger partial charge in [0.2, 0.25) is 5.91 Å². The van der Waals surface area contributed by atoms with Crippen molar-refractivity contribution in [2.24, 2.45) is 5.92 Å². The van der Waals surface area contributed by atoms with Crippen LogP contribution in [-0.4, -0.2) is 46.9 Å². The van der Waals surface area contributed by atoms with E-state index in [1.807, 2.05) is 0 Å². The Kier molecular flexibility index (Phi) is 6.43. The van der Waals surface area contributed by atoms with Gasteiger partial charge in [0.1, 0.15) is 16.5 Å². The number of benzene rings is 1. The van der Waals surface area contributed by atoms with Crippen LogP contribution in [-0.2, 0) is 14.3 Å². The minimum absolute atomic E-state index is 0.00412. The van der Waals surface area contributed by atoms with Gasteiger partial charge in [-0.05, 0) is 32.9 Å². The number of halogens is 1. The standard InChI is InChI=1S/C18H21ClN2O5S/c1-18(2,3)26-17(24)21-9-8-12(22)13(16(21)23)15(27)20-11-7-5-6-10(19)14(11)25-4/h5-7,13H,8-9H2,1-4H3,(H,20,27). The molecule has 1 unspecified atom stereocenters. The number of imide groups is 1. The van der Waals surface area contributed by atoms with E-state index < -0.39 is 23.5 Å². The van der Waals surface area contributed by atoms with Gasteiger partial charge >= 0.3 is 6.09 Å². The van der Waals surface area contributed by atoms with E-state index in [0.29, 0.717) is 16.5 Å². The quantitative estimate of drug-likeness (QED) is 0.601. The van der Waals surface area contributed by atoms with Gasteiger partial charge in [-0.25, -0.2) is 9.69 Å². The van der Waals surface area contributed by atoms with Crippen molar-refractivity contribution in [2.75, 3.05) is 19.0 Å². The Hall–Kier alpha value is -2.19. The van der Waals surface area contributed by atoms with Crippen molar-refractivity contribution in [3.05, 3.63) is 23.2 Å². The molecule has 0 spiro atoms. The van der Waals surface area contributed by atoms with Crippen molar-refractivity contribution in [1.82, 2.24) is 4.90 Å². The van der Waals surface area contributed by atoms with Crippen molar-refractivity contribution in [2.45, 2.75) is 32.8 Å². The number of ketones is 1. The topological polar surface area (TPSA) is 84.9 Å². The number of para-hydroxylation sites is 1. The molecule has 1 saturated heterocycles. The fraction of sp³-hybridized carbons (Fsp3) is 0.444. The number of thiocarbonyl (C=S) groups is 1. The average Bonchev–Trinajstić information content (AvgIpc) is 2.53. The molecule has 1 fully saturated rings. The molecule has 9 heteroatoms. The van der Waals surface area contributed by atoms with Crippen molar-refractivity contribution in [3.8, 4) is 5.75 Å². The Morgan fingerprint density at radius 3 is 2.59 bits per heavy atom. The first-order valence-corrected chi connectivity index (χ1v) is 9.04. The molecular formula is C18H21ClN2O5S. The van der Waals surface area contributed by atoms with Crippen molar-refractivity contribution in [3.63, 3.8) is 0 Å². The third-order valence-electron chi connectivity index (χ3n) is 3.72. The van der Waals surface area contributed by atoms with E-state index in [1.165, 1.54) is 7.11 Å². The minimum Gasteiger partial charge on any atom is -0.493 e. The van der Waals surface area contributed by atoms with Crippen molar-refractivity contribution < 1.29 is 23.9 Å². The molecule has 0 bridgehead atoms. The Bertz CT molecular complexity index is 790. The highest BCUT2D eigenvalue weighted by Crippen LogP contribution is 2.33. The molecule has 27 heavy (non-hydrogen) atoms. The Morgan fingerprint density at radius 1 is 1.33 bits per heavy atom. The number of methoxy groups -OCH3 is 1. The first kappa shape index (κ1) is 21.1. The largest absolute Gasteiger partial charge is 0.493 e. The fourth-order valence-corrected chi connectivity index (χ4v) is 3.14. The molecule has 0 radical (unpaired) electrons. The van der Waals surface area contributed by atoms with Crippen molar-refractivity contribution >= 4 is 52.3 Å². The highest BCUT2D eigenvalue weighted by atomic mass is 35.5. The summed E-state index contributed by atoms with van der Waals surface area (Å²) in [5.74, 6) is -2.01. The molecule has 1 aliphatic rings. The zero-order valence-corrected chi connectivity index (χ0v) is 17.1. The summed E-state index contributed by atoms with van der Waals surface area (Å²) in [6.07, 6.45) is -0.794. The monoisotopic (exact) mass is 412 g/mol. The number of hydrogen-bond donors (Lipinski definition) is 1. The number of anilines is 1. The second-order valence-corrected chi connectivity index (χ2v) is 7.78. The van der Waals surface area contributed by atoms with Crippen LogP contribution in [0.1, 0.15) is 27.2 Å². The van der Waals surface area contributed by atoms with Crippen LogP contribution in [0.3, 0.4) is 0 Å². The summed E-state index contributed by atoms with van der Waals surface area (Å²) in [4.78, 5) is 38.2. The average molecular weight is 413 g/mol. The zero-order valence-electron chi connectivity index (χ0n) is 15.5. The van der Waals surface area contributed by atoms with Crippen LogP contribution in [0.15, 0.2) is 18.2 Å². The molecule has 1 aromatic carbocycles. The summed E-state index contributed by atoms with van der Waals surface area (Å²) in [5, 5.41) is 3.19. The van der Waals surface area contributed by atoms with Crippen molar-refractivity contribution in [1.29, 1.82) is 0 Å². The number of carbonyl (C=O) groups excluding carboxylic acids is 3. The predicted octanol–water partition coefficient (Wildman–Crippen LogP) is 3.44. The maximum atomic E-state index is 12.7. The lowest BCUT2D eigenvalue weighted by atomic mass is 9.95. The maximum Gasteiger partial charge on any atom is 0.417 e. The van der Waals surface area contributed by atoms with Crippen LogP contribution < -0.4 is 10.1 Å². The first-order chi connectivity index (χ1) is 12.5. The van der Waals surface area contributed by atoms with Crippen LogP contribution in [0.25, 0.3) is 0 Å². The molecule has 1 heterocycles. The first-order valence-electron chi connectivity index (χ1n) is 8.25. The third kappa shape index (κ3) is 4.95. The molecule has 2 rings (SSSR count). The van der Waals surface area contributed by atoms with E-state index in [1.54, 1.807) is 39.0 Å². The van der Waals surface area contributed by atoms with Crippen LogP contribution in [0.4, 0.5) is 10.5 Å². The number of ether oxygens (including phenoxy) is 2. The van der Waals surface area contributed by atoms with E-state index in [2.05, 4.69) is 5.32 Å². The number of hydrogen-bond acceptors (Lipinski definition) is 6. The van der Waals surface area contributed by atoms with Crippen LogP contribution in [0, 0.1) is 5.92 Å². The highest BCUT2D eigenvalue weighted by Gasteiger charge is 2.42. The smallest absolute Gasteiger partial charge is 0.417 e. The Balaban J connectivity index is 2.22. The molecule has 146 valence electrons. The lowest BCUT2D eigenvalue weighted by Gasteiger charge is -2.32. The molecule has 0 aliphatic carbocycles. The number of nitrogens with zero attached hydrogens (tertiary/aromatic N) is 1. The van der Waals surface area contributed by atoms with Gasteiger partial charge in [0, 0.05) is 13.0 Å². The van der Waals surface area contributed by atoms with Crippen LogP contribution in [0.5, 0.6) is 5.75 Å². The summed E-state index contributed by atoms with van der Waals surface area (Å²) >= 11 is 11.4. The number of carbonyl (C=O) groups is 3. The molecule has 1 atom stereocenters. The summed E-state index contributed by atoms with van der Waals surface area (Å²) < 4.78 is 10.5. The van der Waals surface area contributed by atoms with E-state index >= 15 is 0 Å². The van der Waals surface area contributed by atoms with Gasteiger partial charge in [0.05, 0.1) is 17.8 Å².